The molecule has 0 spiro atoms. The lowest BCUT2D eigenvalue weighted by molar-refractivity contribution is 0.356. The summed E-state index contributed by atoms with van der Waals surface area (Å²) in [6.45, 7) is 0. The van der Waals surface area contributed by atoms with E-state index in [9.17, 15) is 0 Å². The van der Waals surface area contributed by atoms with Crippen LogP contribution in [0.3, 0.4) is 0 Å². The molecule has 1 atom stereocenters. The van der Waals surface area contributed by atoms with Gasteiger partial charge < -0.3 is 14.5 Å². The third kappa shape index (κ3) is 1.79. The van der Waals surface area contributed by atoms with Gasteiger partial charge in [-0.25, -0.2) is 4.98 Å². The molecule has 21 heavy (non-hydrogen) atoms. The Morgan fingerprint density at radius 2 is 1.86 bits per heavy atom. The summed E-state index contributed by atoms with van der Waals surface area (Å²) < 4.78 is 10.7. The average Bonchev–Trinajstić information content (AvgIpc) is 2.89. The lowest BCUT2D eigenvalue weighted by Crippen LogP contribution is -2.18. The number of rotatable bonds is 3. The van der Waals surface area contributed by atoms with Crippen LogP contribution in [0.25, 0.3) is 11.0 Å². The van der Waals surface area contributed by atoms with Crippen molar-refractivity contribution in [3.63, 3.8) is 0 Å². The summed E-state index contributed by atoms with van der Waals surface area (Å²) in [5, 5.41) is 0. The highest BCUT2D eigenvalue weighted by Crippen LogP contribution is 2.40. The summed E-state index contributed by atoms with van der Waals surface area (Å²) in [5.41, 5.74) is 4.67. The lowest BCUT2D eigenvalue weighted by Gasteiger charge is -2.28. The van der Waals surface area contributed by atoms with Gasteiger partial charge in [0, 0.05) is 18.1 Å². The lowest BCUT2D eigenvalue weighted by atomic mass is 9.77. The van der Waals surface area contributed by atoms with Crippen LogP contribution >= 0.6 is 0 Å². The molecule has 106 valence electrons. The molecule has 0 saturated heterocycles. The van der Waals surface area contributed by atoms with Crippen molar-refractivity contribution in [2.24, 2.45) is 0 Å². The minimum atomic E-state index is 0.366. The van der Waals surface area contributed by atoms with Gasteiger partial charge in [-0.05, 0) is 17.5 Å². The number of aromatic amines is 1. The van der Waals surface area contributed by atoms with Gasteiger partial charge in [0.05, 0.1) is 25.3 Å². The topological polar surface area (TPSA) is 47.1 Å². The highest BCUT2D eigenvalue weighted by atomic mass is 16.5. The zero-order valence-electron chi connectivity index (χ0n) is 12.0. The van der Waals surface area contributed by atoms with Crippen molar-refractivity contribution in [3.8, 4) is 11.5 Å². The number of imidazole rings is 1. The molecule has 1 heterocycles. The quantitative estimate of drug-likeness (QED) is 0.801. The standard InChI is InChI=1S/C17H16N2O2/c1-20-15-8-13-14(9-16(15)21-2)19-17(18-13)12-7-10-5-3-4-6-11(10)12/h3-6,8-9,12H,7H2,1-2H3,(H,18,19). The van der Waals surface area contributed by atoms with Crippen molar-refractivity contribution >= 4 is 11.0 Å². The van der Waals surface area contributed by atoms with Crippen LogP contribution in [0.15, 0.2) is 36.4 Å². The Morgan fingerprint density at radius 1 is 1.10 bits per heavy atom. The average molecular weight is 280 g/mol. The molecular formula is C17H16N2O2. The van der Waals surface area contributed by atoms with Crippen LogP contribution < -0.4 is 9.47 Å². The van der Waals surface area contributed by atoms with Gasteiger partial charge in [-0.2, -0.15) is 0 Å². The molecule has 0 saturated carbocycles. The maximum absolute atomic E-state index is 5.34. The van der Waals surface area contributed by atoms with Gasteiger partial charge in [0.25, 0.3) is 0 Å². The van der Waals surface area contributed by atoms with E-state index in [-0.39, 0.29) is 0 Å². The zero-order chi connectivity index (χ0) is 14.4. The van der Waals surface area contributed by atoms with E-state index < -0.39 is 0 Å². The summed E-state index contributed by atoms with van der Waals surface area (Å²) in [4.78, 5) is 8.14. The Kier molecular flexibility index (Phi) is 2.64. The predicted octanol–water partition coefficient (Wildman–Crippen LogP) is 3.27. The molecule has 2 aromatic carbocycles. The first-order chi connectivity index (χ1) is 10.3. The van der Waals surface area contributed by atoms with Gasteiger partial charge in [-0.3, -0.25) is 0 Å². The van der Waals surface area contributed by atoms with Crippen LogP contribution in [0.5, 0.6) is 11.5 Å². The summed E-state index contributed by atoms with van der Waals surface area (Å²) in [6.07, 6.45) is 1.05. The van der Waals surface area contributed by atoms with Gasteiger partial charge in [-0.1, -0.05) is 24.3 Å². The second-order valence-corrected chi connectivity index (χ2v) is 5.30. The fourth-order valence-corrected chi connectivity index (χ4v) is 3.02. The minimum absolute atomic E-state index is 0.366. The van der Waals surface area contributed by atoms with Crippen LogP contribution in [0.2, 0.25) is 0 Å². The number of hydrogen-bond donors (Lipinski definition) is 1. The molecule has 1 aliphatic carbocycles. The Labute approximate surface area is 122 Å². The molecular weight excluding hydrogens is 264 g/mol. The molecule has 1 aliphatic rings. The van der Waals surface area contributed by atoms with E-state index in [1.54, 1.807) is 14.2 Å². The Hall–Kier alpha value is -2.49. The van der Waals surface area contributed by atoms with E-state index in [1.165, 1.54) is 11.1 Å². The normalized spacial score (nSPS) is 16.4. The highest BCUT2D eigenvalue weighted by Gasteiger charge is 2.29. The van der Waals surface area contributed by atoms with Crippen LogP contribution in [0.4, 0.5) is 0 Å². The molecule has 1 aromatic heterocycles. The summed E-state index contributed by atoms with van der Waals surface area (Å²) in [7, 11) is 3.28. The van der Waals surface area contributed by atoms with Gasteiger partial charge in [0.1, 0.15) is 5.82 Å². The first-order valence-corrected chi connectivity index (χ1v) is 6.99. The number of nitrogens with one attached hydrogen (secondary N) is 1. The molecule has 0 aliphatic heterocycles. The Bertz CT molecular complexity index is 782. The van der Waals surface area contributed by atoms with Crippen molar-refractivity contribution in [2.75, 3.05) is 14.2 Å². The minimum Gasteiger partial charge on any atom is -0.493 e. The number of fused-ring (bicyclic) bond motifs is 2. The Morgan fingerprint density at radius 3 is 2.62 bits per heavy atom. The van der Waals surface area contributed by atoms with Gasteiger partial charge >= 0.3 is 0 Å². The number of methoxy groups -OCH3 is 2. The molecule has 0 radical (unpaired) electrons. The van der Waals surface area contributed by atoms with Gasteiger partial charge in [0.2, 0.25) is 0 Å². The van der Waals surface area contributed by atoms with Crippen LogP contribution in [-0.2, 0) is 6.42 Å². The van der Waals surface area contributed by atoms with Crippen molar-refractivity contribution in [1.29, 1.82) is 0 Å². The second kappa shape index (κ2) is 4.52. The first-order valence-electron chi connectivity index (χ1n) is 6.99. The molecule has 0 amide bonds. The molecule has 4 heteroatoms. The number of nitrogens with zero attached hydrogens (tertiary/aromatic N) is 1. The first kappa shape index (κ1) is 12.3. The number of ether oxygens (including phenoxy) is 2. The van der Waals surface area contributed by atoms with Crippen LogP contribution in [0, 0.1) is 0 Å². The van der Waals surface area contributed by atoms with Crippen LogP contribution in [0.1, 0.15) is 22.9 Å². The fourth-order valence-electron chi connectivity index (χ4n) is 3.02. The third-order valence-corrected chi connectivity index (χ3v) is 4.19. The van der Waals surface area contributed by atoms with E-state index in [0.717, 1.165) is 23.3 Å². The number of hydrogen-bond acceptors (Lipinski definition) is 3. The predicted molar refractivity (Wildman–Crippen MR) is 81.2 cm³/mol. The summed E-state index contributed by atoms with van der Waals surface area (Å²) in [6, 6.07) is 12.4. The Balaban J connectivity index is 1.78. The molecule has 1 N–H and O–H groups in total. The monoisotopic (exact) mass is 280 g/mol. The second-order valence-electron chi connectivity index (χ2n) is 5.30. The molecule has 3 aromatic rings. The molecule has 0 fully saturated rings. The summed E-state index contributed by atoms with van der Waals surface area (Å²) in [5.74, 6) is 2.80. The third-order valence-electron chi connectivity index (χ3n) is 4.19. The molecule has 4 nitrogen and oxygen atoms in total. The number of aromatic nitrogens is 2. The SMILES string of the molecule is COc1cc2nc(C3Cc4ccccc43)[nH]c2cc1OC. The zero-order valence-corrected chi connectivity index (χ0v) is 12.0. The smallest absolute Gasteiger partial charge is 0.163 e. The number of H-pyrrole nitrogens is 1. The van der Waals surface area contributed by atoms with Crippen LogP contribution in [-0.4, -0.2) is 24.2 Å². The largest absolute Gasteiger partial charge is 0.493 e. The number of benzene rings is 2. The van der Waals surface area contributed by atoms with E-state index in [1.807, 2.05) is 12.1 Å². The van der Waals surface area contributed by atoms with Crippen molar-refractivity contribution in [3.05, 3.63) is 53.3 Å². The van der Waals surface area contributed by atoms with E-state index in [0.29, 0.717) is 17.4 Å². The maximum atomic E-state index is 5.34. The van der Waals surface area contributed by atoms with Crippen molar-refractivity contribution in [1.82, 2.24) is 9.97 Å². The van der Waals surface area contributed by atoms with E-state index >= 15 is 0 Å². The van der Waals surface area contributed by atoms with E-state index in [4.69, 9.17) is 14.5 Å². The molecule has 4 rings (SSSR count). The molecule has 1 unspecified atom stereocenters. The highest BCUT2D eigenvalue weighted by molar-refractivity contribution is 5.80. The van der Waals surface area contributed by atoms with E-state index in [2.05, 4.69) is 29.2 Å². The van der Waals surface area contributed by atoms with Gasteiger partial charge in [-0.15, -0.1) is 0 Å². The van der Waals surface area contributed by atoms with Crippen molar-refractivity contribution < 1.29 is 9.47 Å². The molecule has 0 bridgehead atoms. The fraction of sp³-hybridized carbons (Fsp3) is 0.235. The van der Waals surface area contributed by atoms with Crippen molar-refractivity contribution in [2.45, 2.75) is 12.3 Å². The summed E-state index contributed by atoms with van der Waals surface area (Å²) >= 11 is 0. The van der Waals surface area contributed by atoms with Gasteiger partial charge in [0.15, 0.2) is 11.5 Å². The maximum Gasteiger partial charge on any atom is 0.163 e.